The maximum absolute atomic E-state index is 11.6. The SMILES string of the molecule is CCCN(CC)CCNC(=O)NC(C)C(C)C(=O)O. The fourth-order valence-corrected chi connectivity index (χ4v) is 1.67. The minimum absolute atomic E-state index is 0.312. The molecule has 0 fully saturated rings. The zero-order chi connectivity index (χ0) is 14.8. The summed E-state index contributed by atoms with van der Waals surface area (Å²) in [7, 11) is 0. The van der Waals surface area contributed by atoms with Crippen LogP contribution in [0.5, 0.6) is 0 Å². The topological polar surface area (TPSA) is 81.7 Å². The number of nitrogens with one attached hydrogen (secondary N) is 2. The first-order valence-corrected chi connectivity index (χ1v) is 6.91. The number of likely N-dealkylation sites (N-methyl/N-ethyl adjacent to an activating group) is 1. The van der Waals surface area contributed by atoms with Crippen LogP contribution in [0.15, 0.2) is 0 Å². The van der Waals surface area contributed by atoms with Crippen molar-refractivity contribution >= 4 is 12.0 Å². The van der Waals surface area contributed by atoms with Crippen LogP contribution in [-0.4, -0.2) is 54.2 Å². The molecule has 0 saturated heterocycles. The Labute approximate surface area is 115 Å². The number of rotatable bonds is 9. The number of aliphatic carboxylic acids is 1. The highest BCUT2D eigenvalue weighted by Gasteiger charge is 2.20. The Bertz CT molecular complexity index is 284. The molecule has 0 bridgehead atoms. The van der Waals surface area contributed by atoms with Gasteiger partial charge in [0.2, 0.25) is 0 Å². The van der Waals surface area contributed by atoms with Crippen LogP contribution in [0.25, 0.3) is 0 Å². The summed E-state index contributed by atoms with van der Waals surface area (Å²) in [5.74, 6) is -1.51. The van der Waals surface area contributed by atoms with Gasteiger partial charge in [0.05, 0.1) is 5.92 Å². The van der Waals surface area contributed by atoms with Gasteiger partial charge in [-0.3, -0.25) is 4.79 Å². The second-order valence-electron chi connectivity index (χ2n) is 4.75. The van der Waals surface area contributed by atoms with Crippen LogP contribution in [0.1, 0.15) is 34.1 Å². The minimum atomic E-state index is -0.909. The molecule has 2 atom stereocenters. The summed E-state index contributed by atoms with van der Waals surface area (Å²) in [6, 6.07) is -0.705. The zero-order valence-electron chi connectivity index (χ0n) is 12.4. The van der Waals surface area contributed by atoms with Gasteiger partial charge in [-0.15, -0.1) is 0 Å². The third-order valence-corrected chi connectivity index (χ3v) is 3.20. The quantitative estimate of drug-likeness (QED) is 0.588. The van der Waals surface area contributed by atoms with Gasteiger partial charge in [0, 0.05) is 19.1 Å². The summed E-state index contributed by atoms with van der Waals surface area (Å²) in [6.45, 7) is 10.8. The van der Waals surface area contributed by atoms with Crippen molar-refractivity contribution in [1.29, 1.82) is 0 Å². The number of hydrogen-bond donors (Lipinski definition) is 3. The van der Waals surface area contributed by atoms with Crippen LogP contribution in [0, 0.1) is 5.92 Å². The summed E-state index contributed by atoms with van der Waals surface area (Å²) in [5, 5.41) is 14.2. The lowest BCUT2D eigenvalue weighted by atomic mass is 10.0. The first-order valence-electron chi connectivity index (χ1n) is 6.91. The van der Waals surface area contributed by atoms with E-state index in [9.17, 15) is 9.59 Å². The summed E-state index contributed by atoms with van der Waals surface area (Å²) >= 11 is 0. The number of nitrogens with zero attached hydrogens (tertiary/aromatic N) is 1. The zero-order valence-corrected chi connectivity index (χ0v) is 12.4. The number of carboxylic acids is 1. The highest BCUT2D eigenvalue weighted by molar-refractivity contribution is 5.76. The van der Waals surface area contributed by atoms with Gasteiger partial charge in [-0.05, 0) is 33.4 Å². The molecule has 0 heterocycles. The van der Waals surface area contributed by atoms with Gasteiger partial charge < -0.3 is 20.6 Å². The number of carbonyl (C=O) groups is 2. The van der Waals surface area contributed by atoms with Crippen LogP contribution in [0.2, 0.25) is 0 Å². The number of amides is 2. The van der Waals surface area contributed by atoms with Gasteiger partial charge in [0.1, 0.15) is 0 Å². The van der Waals surface area contributed by atoms with Crippen molar-refractivity contribution in [3.8, 4) is 0 Å². The maximum Gasteiger partial charge on any atom is 0.315 e. The Hall–Kier alpha value is -1.30. The molecule has 0 rings (SSSR count). The molecule has 0 aliphatic rings. The largest absolute Gasteiger partial charge is 0.481 e. The molecule has 6 nitrogen and oxygen atoms in total. The van der Waals surface area contributed by atoms with Gasteiger partial charge in [-0.2, -0.15) is 0 Å². The monoisotopic (exact) mass is 273 g/mol. The van der Waals surface area contributed by atoms with E-state index in [1.807, 2.05) is 0 Å². The molecule has 2 amide bonds. The lowest BCUT2D eigenvalue weighted by molar-refractivity contribution is -0.141. The highest BCUT2D eigenvalue weighted by atomic mass is 16.4. The molecule has 0 aromatic rings. The Morgan fingerprint density at radius 3 is 2.32 bits per heavy atom. The van der Waals surface area contributed by atoms with E-state index < -0.39 is 17.9 Å². The van der Waals surface area contributed by atoms with E-state index in [1.54, 1.807) is 13.8 Å². The van der Waals surface area contributed by atoms with Crippen molar-refractivity contribution in [2.45, 2.75) is 40.2 Å². The van der Waals surface area contributed by atoms with Crippen LogP contribution in [0.3, 0.4) is 0 Å². The van der Waals surface area contributed by atoms with Crippen LogP contribution < -0.4 is 10.6 Å². The van der Waals surface area contributed by atoms with Gasteiger partial charge >= 0.3 is 12.0 Å². The Balaban J connectivity index is 3.89. The average Bonchev–Trinajstić information content (AvgIpc) is 2.36. The lowest BCUT2D eigenvalue weighted by Crippen LogP contribution is -2.47. The molecule has 0 aromatic heterocycles. The van der Waals surface area contributed by atoms with Crippen molar-refractivity contribution in [1.82, 2.24) is 15.5 Å². The van der Waals surface area contributed by atoms with Gasteiger partial charge in [-0.1, -0.05) is 13.8 Å². The highest BCUT2D eigenvalue weighted by Crippen LogP contribution is 2.01. The first kappa shape index (κ1) is 17.7. The summed E-state index contributed by atoms with van der Waals surface area (Å²) in [5.41, 5.74) is 0. The molecule has 0 saturated carbocycles. The molecule has 2 unspecified atom stereocenters. The van der Waals surface area contributed by atoms with Crippen LogP contribution in [-0.2, 0) is 4.79 Å². The maximum atomic E-state index is 11.6. The van der Waals surface area contributed by atoms with E-state index >= 15 is 0 Å². The molecule has 19 heavy (non-hydrogen) atoms. The fraction of sp³-hybridized carbons (Fsp3) is 0.846. The standard InChI is InChI=1S/C13H27N3O3/c1-5-8-16(6-2)9-7-14-13(19)15-11(4)10(3)12(17)18/h10-11H,5-9H2,1-4H3,(H,17,18)(H2,14,15,19). The van der Waals surface area contributed by atoms with Gasteiger partial charge in [0.25, 0.3) is 0 Å². The van der Waals surface area contributed by atoms with Crippen LogP contribution in [0.4, 0.5) is 4.79 Å². The second kappa shape index (κ2) is 9.61. The molecule has 0 aromatic carbocycles. The van der Waals surface area contributed by atoms with Crippen molar-refractivity contribution in [2.75, 3.05) is 26.2 Å². The van der Waals surface area contributed by atoms with Crippen molar-refractivity contribution in [3.63, 3.8) is 0 Å². The third kappa shape index (κ3) is 7.66. The molecule has 0 radical (unpaired) electrons. The molecular weight excluding hydrogens is 246 g/mol. The smallest absolute Gasteiger partial charge is 0.315 e. The fourth-order valence-electron chi connectivity index (χ4n) is 1.67. The van der Waals surface area contributed by atoms with E-state index in [0.717, 1.165) is 26.1 Å². The summed E-state index contributed by atoms with van der Waals surface area (Å²) in [4.78, 5) is 24.6. The molecular formula is C13H27N3O3. The average molecular weight is 273 g/mol. The van der Waals surface area contributed by atoms with Crippen LogP contribution >= 0.6 is 0 Å². The summed E-state index contributed by atoms with van der Waals surface area (Å²) in [6.07, 6.45) is 1.09. The van der Waals surface area contributed by atoms with E-state index in [0.29, 0.717) is 6.54 Å². The molecule has 3 N–H and O–H groups in total. The van der Waals surface area contributed by atoms with E-state index in [2.05, 4.69) is 29.4 Å². The Morgan fingerprint density at radius 2 is 1.84 bits per heavy atom. The molecule has 112 valence electrons. The predicted octanol–water partition coefficient (Wildman–Crippen LogP) is 1.13. The lowest BCUT2D eigenvalue weighted by Gasteiger charge is -2.21. The van der Waals surface area contributed by atoms with Crippen molar-refractivity contribution in [2.24, 2.45) is 5.92 Å². The van der Waals surface area contributed by atoms with Crippen molar-refractivity contribution < 1.29 is 14.7 Å². The first-order chi connectivity index (χ1) is 8.92. The summed E-state index contributed by atoms with van der Waals surface area (Å²) < 4.78 is 0. The predicted molar refractivity (Wildman–Crippen MR) is 75.2 cm³/mol. The van der Waals surface area contributed by atoms with E-state index in [1.165, 1.54) is 0 Å². The normalized spacial score (nSPS) is 13.9. The molecule has 0 aliphatic heterocycles. The number of carbonyl (C=O) groups excluding carboxylic acids is 1. The minimum Gasteiger partial charge on any atom is -0.481 e. The van der Waals surface area contributed by atoms with Gasteiger partial charge in [-0.25, -0.2) is 4.79 Å². The number of urea groups is 1. The Kier molecular flexibility index (Phi) is 8.95. The van der Waals surface area contributed by atoms with E-state index in [-0.39, 0.29) is 6.03 Å². The molecule has 6 heteroatoms. The number of carboxylic acid groups (broad SMARTS) is 1. The number of hydrogen-bond acceptors (Lipinski definition) is 3. The third-order valence-electron chi connectivity index (χ3n) is 3.20. The van der Waals surface area contributed by atoms with Gasteiger partial charge in [0.15, 0.2) is 0 Å². The molecule has 0 aliphatic carbocycles. The van der Waals surface area contributed by atoms with Crippen molar-refractivity contribution in [3.05, 3.63) is 0 Å². The Morgan fingerprint density at radius 1 is 1.21 bits per heavy atom. The molecule has 0 spiro atoms. The van der Waals surface area contributed by atoms with E-state index in [4.69, 9.17) is 5.11 Å². The second-order valence-corrected chi connectivity index (χ2v) is 4.75.